The van der Waals surface area contributed by atoms with Gasteiger partial charge in [0.25, 0.3) is 0 Å². The Morgan fingerprint density at radius 1 is 1.35 bits per heavy atom. The predicted octanol–water partition coefficient (Wildman–Crippen LogP) is 2.30. The maximum absolute atomic E-state index is 5.73. The fourth-order valence-electron chi connectivity index (χ4n) is 2.01. The third-order valence-corrected chi connectivity index (χ3v) is 3.17. The van der Waals surface area contributed by atoms with Gasteiger partial charge in [-0.05, 0) is 44.5 Å². The lowest BCUT2D eigenvalue weighted by molar-refractivity contribution is 0.180. The van der Waals surface area contributed by atoms with Crippen molar-refractivity contribution in [1.82, 2.24) is 14.9 Å². The first-order valence-electron chi connectivity index (χ1n) is 6.10. The van der Waals surface area contributed by atoms with Crippen LogP contribution in [0.1, 0.15) is 24.8 Å². The molecule has 1 aromatic rings. The molecule has 94 valence electrons. The van der Waals surface area contributed by atoms with E-state index in [4.69, 9.17) is 16.3 Å². The Labute approximate surface area is 107 Å². The molecule has 1 fully saturated rings. The Balaban J connectivity index is 1.79. The second kappa shape index (κ2) is 6.17. The van der Waals surface area contributed by atoms with E-state index in [1.54, 1.807) is 6.20 Å². The first-order chi connectivity index (χ1) is 8.25. The minimum atomic E-state index is 0.239. The van der Waals surface area contributed by atoms with Gasteiger partial charge in [0.2, 0.25) is 11.2 Å². The number of halogens is 1. The van der Waals surface area contributed by atoms with Crippen LogP contribution in [0.15, 0.2) is 6.20 Å². The zero-order valence-electron chi connectivity index (χ0n) is 10.2. The van der Waals surface area contributed by atoms with E-state index < -0.39 is 0 Å². The van der Waals surface area contributed by atoms with Gasteiger partial charge in [0.05, 0.1) is 0 Å². The van der Waals surface area contributed by atoms with Crippen molar-refractivity contribution < 1.29 is 4.74 Å². The second-order valence-electron chi connectivity index (χ2n) is 4.38. The summed E-state index contributed by atoms with van der Waals surface area (Å²) in [6.07, 6.45) is 5.65. The van der Waals surface area contributed by atoms with Crippen molar-refractivity contribution in [2.45, 2.75) is 26.2 Å². The topological polar surface area (TPSA) is 38.3 Å². The van der Waals surface area contributed by atoms with E-state index >= 15 is 0 Å². The molecule has 17 heavy (non-hydrogen) atoms. The number of hydrogen-bond donors (Lipinski definition) is 0. The summed E-state index contributed by atoms with van der Waals surface area (Å²) in [7, 11) is 0. The van der Waals surface area contributed by atoms with Gasteiger partial charge in [0, 0.05) is 18.3 Å². The molecule has 0 radical (unpaired) electrons. The van der Waals surface area contributed by atoms with Gasteiger partial charge in [-0.2, -0.15) is 4.98 Å². The van der Waals surface area contributed by atoms with Gasteiger partial charge >= 0.3 is 0 Å². The van der Waals surface area contributed by atoms with Gasteiger partial charge in [0.1, 0.15) is 6.61 Å². The lowest BCUT2D eigenvalue weighted by Gasteiger charge is -2.26. The molecule has 0 aliphatic carbocycles. The average molecular weight is 256 g/mol. The van der Waals surface area contributed by atoms with E-state index in [2.05, 4.69) is 14.9 Å². The number of hydrogen-bond acceptors (Lipinski definition) is 4. The summed E-state index contributed by atoms with van der Waals surface area (Å²) in [4.78, 5) is 10.4. The van der Waals surface area contributed by atoms with E-state index in [9.17, 15) is 0 Å². The van der Waals surface area contributed by atoms with E-state index in [0.717, 1.165) is 12.1 Å². The fraction of sp³-hybridized carbons (Fsp3) is 0.667. The van der Waals surface area contributed by atoms with Crippen LogP contribution in [-0.4, -0.2) is 41.1 Å². The van der Waals surface area contributed by atoms with Crippen LogP contribution < -0.4 is 4.74 Å². The van der Waals surface area contributed by atoms with Crippen molar-refractivity contribution in [2.24, 2.45) is 0 Å². The Bertz CT molecular complexity index is 367. The fourth-order valence-corrected chi connectivity index (χ4v) is 2.13. The molecule has 1 aromatic heterocycles. The summed E-state index contributed by atoms with van der Waals surface area (Å²) >= 11 is 5.73. The summed E-state index contributed by atoms with van der Waals surface area (Å²) in [6.45, 7) is 5.92. The highest BCUT2D eigenvalue weighted by atomic mass is 35.5. The number of aromatic nitrogens is 2. The Morgan fingerprint density at radius 2 is 2.12 bits per heavy atom. The number of ether oxygens (including phenoxy) is 1. The van der Waals surface area contributed by atoms with Crippen LogP contribution in [0.4, 0.5) is 0 Å². The standard InChI is InChI=1S/C12H18ClN3O/c1-10-9-14-12(13)15-11(10)17-8-7-16-5-3-2-4-6-16/h9H,2-8H2,1H3. The number of aryl methyl sites for hydroxylation is 1. The summed E-state index contributed by atoms with van der Waals surface area (Å²) in [6, 6.07) is 0. The van der Waals surface area contributed by atoms with Gasteiger partial charge < -0.3 is 4.74 Å². The van der Waals surface area contributed by atoms with Crippen molar-refractivity contribution in [3.63, 3.8) is 0 Å². The summed E-state index contributed by atoms with van der Waals surface area (Å²) in [5.74, 6) is 0.599. The van der Waals surface area contributed by atoms with Gasteiger partial charge in [-0.25, -0.2) is 4.98 Å². The van der Waals surface area contributed by atoms with Crippen LogP contribution in [-0.2, 0) is 0 Å². The summed E-state index contributed by atoms with van der Waals surface area (Å²) in [5.41, 5.74) is 0.924. The maximum atomic E-state index is 5.73. The number of piperidine rings is 1. The molecule has 2 rings (SSSR count). The summed E-state index contributed by atoms with van der Waals surface area (Å²) in [5, 5.41) is 0.239. The zero-order chi connectivity index (χ0) is 12.1. The van der Waals surface area contributed by atoms with E-state index in [1.807, 2.05) is 6.92 Å². The Kier molecular flexibility index (Phi) is 4.57. The van der Waals surface area contributed by atoms with Crippen LogP contribution in [0.5, 0.6) is 5.88 Å². The highest BCUT2D eigenvalue weighted by Crippen LogP contribution is 2.15. The molecule has 2 heterocycles. The molecule has 5 heteroatoms. The van der Waals surface area contributed by atoms with Crippen molar-refractivity contribution in [3.05, 3.63) is 17.0 Å². The molecule has 1 saturated heterocycles. The van der Waals surface area contributed by atoms with E-state index in [-0.39, 0.29) is 5.28 Å². The Hall–Kier alpha value is -0.870. The molecule has 0 aromatic carbocycles. The molecular formula is C12H18ClN3O. The number of rotatable bonds is 4. The normalized spacial score (nSPS) is 17.1. The van der Waals surface area contributed by atoms with Crippen LogP contribution in [0.3, 0.4) is 0 Å². The van der Waals surface area contributed by atoms with Crippen molar-refractivity contribution >= 4 is 11.6 Å². The van der Waals surface area contributed by atoms with Gasteiger partial charge in [-0.3, -0.25) is 4.90 Å². The highest BCUT2D eigenvalue weighted by molar-refractivity contribution is 6.28. The van der Waals surface area contributed by atoms with Gasteiger partial charge in [0.15, 0.2) is 0 Å². The lowest BCUT2D eigenvalue weighted by Crippen LogP contribution is -2.33. The summed E-state index contributed by atoms with van der Waals surface area (Å²) < 4.78 is 5.64. The third kappa shape index (κ3) is 3.82. The average Bonchev–Trinajstić information content (AvgIpc) is 2.35. The highest BCUT2D eigenvalue weighted by Gasteiger charge is 2.10. The molecule has 0 N–H and O–H groups in total. The molecule has 0 saturated carbocycles. The molecule has 1 aliphatic heterocycles. The molecular weight excluding hydrogens is 238 g/mol. The van der Waals surface area contributed by atoms with Gasteiger partial charge in [-0.15, -0.1) is 0 Å². The largest absolute Gasteiger partial charge is 0.476 e. The molecule has 4 nitrogen and oxygen atoms in total. The first kappa shape index (κ1) is 12.6. The molecule has 0 atom stereocenters. The molecule has 1 aliphatic rings. The number of nitrogens with zero attached hydrogens (tertiary/aromatic N) is 3. The van der Waals surface area contributed by atoms with E-state index in [1.165, 1.54) is 32.4 Å². The lowest BCUT2D eigenvalue weighted by atomic mass is 10.1. The SMILES string of the molecule is Cc1cnc(Cl)nc1OCCN1CCCCC1. The molecule has 0 unspecified atom stereocenters. The Morgan fingerprint density at radius 3 is 2.88 bits per heavy atom. The minimum Gasteiger partial charge on any atom is -0.476 e. The monoisotopic (exact) mass is 255 g/mol. The second-order valence-corrected chi connectivity index (χ2v) is 4.72. The van der Waals surface area contributed by atoms with Crippen LogP contribution in [0.25, 0.3) is 0 Å². The van der Waals surface area contributed by atoms with Crippen LogP contribution in [0.2, 0.25) is 5.28 Å². The minimum absolute atomic E-state index is 0.239. The molecule has 0 amide bonds. The third-order valence-electron chi connectivity index (χ3n) is 2.99. The predicted molar refractivity (Wildman–Crippen MR) is 67.6 cm³/mol. The molecule has 0 spiro atoms. The van der Waals surface area contributed by atoms with Crippen molar-refractivity contribution in [3.8, 4) is 5.88 Å². The van der Waals surface area contributed by atoms with Crippen LogP contribution in [0, 0.1) is 6.92 Å². The van der Waals surface area contributed by atoms with E-state index in [0.29, 0.717) is 12.5 Å². The smallest absolute Gasteiger partial charge is 0.225 e. The zero-order valence-corrected chi connectivity index (χ0v) is 10.9. The molecule has 0 bridgehead atoms. The van der Waals surface area contributed by atoms with Crippen molar-refractivity contribution in [2.75, 3.05) is 26.2 Å². The van der Waals surface area contributed by atoms with Crippen LogP contribution >= 0.6 is 11.6 Å². The quantitative estimate of drug-likeness (QED) is 0.774. The number of likely N-dealkylation sites (tertiary alicyclic amines) is 1. The first-order valence-corrected chi connectivity index (χ1v) is 6.48. The van der Waals surface area contributed by atoms with Gasteiger partial charge in [-0.1, -0.05) is 6.42 Å². The maximum Gasteiger partial charge on any atom is 0.225 e. The van der Waals surface area contributed by atoms with Crippen molar-refractivity contribution in [1.29, 1.82) is 0 Å².